The summed E-state index contributed by atoms with van der Waals surface area (Å²) in [4.78, 5) is 18.7. The van der Waals surface area contributed by atoms with E-state index in [9.17, 15) is 4.79 Å². The molecule has 4 heteroatoms. The molecular formula is C10H10N2O2. The van der Waals surface area contributed by atoms with Crippen molar-refractivity contribution in [2.45, 2.75) is 6.92 Å². The van der Waals surface area contributed by atoms with Crippen LogP contribution in [0.3, 0.4) is 0 Å². The lowest BCUT2D eigenvalue weighted by atomic mass is 10.2. The highest BCUT2D eigenvalue weighted by atomic mass is 16.5. The van der Waals surface area contributed by atoms with Crippen molar-refractivity contribution in [3.05, 3.63) is 34.1 Å². The maximum atomic E-state index is 11.7. The molecule has 2 rings (SSSR count). The average Bonchev–Trinajstić information content (AvgIpc) is 2.23. The molecule has 0 aliphatic carbocycles. The molecule has 2 heterocycles. The fourth-order valence-corrected chi connectivity index (χ4v) is 1.28. The second-order valence-electron chi connectivity index (χ2n) is 3.05. The van der Waals surface area contributed by atoms with E-state index in [1.807, 2.05) is 0 Å². The van der Waals surface area contributed by atoms with Gasteiger partial charge in [-0.05, 0) is 13.0 Å². The van der Waals surface area contributed by atoms with Crippen molar-refractivity contribution in [2.24, 2.45) is 0 Å². The molecule has 0 aliphatic heterocycles. The van der Waals surface area contributed by atoms with Crippen molar-refractivity contribution in [1.29, 1.82) is 0 Å². The molecule has 0 fully saturated rings. The predicted molar refractivity (Wildman–Crippen MR) is 53.7 cm³/mol. The van der Waals surface area contributed by atoms with Gasteiger partial charge in [0.05, 0.1) is 12.6 Å². The van der Waals surface area contributed by atoms with Gasteiger partial charge in [-0.2, -0.15) is 0 Å². The second kappa shape index (κ2) is 3.14. The van der Waals surface area contributed by atoms with Crippen LogP contribution in [0.25, 0.3) is 11.0 Å². The van der Waals surface area contributed by atoms with Gasteiger partial charge in [0, 0.05) is 17.8 Å². The molecule has 0 saturated heterocycles. The predicted octanol–water partition coefficient (Wildman–Crippen LogP) is 1.24. The maximum Gasteiger partial charge on any atom is 0.213 e. The van der Waals surface area contributed by atoms with E-state index < -0.39 is 0 Å². The van der Waals surface area contributed by atoms with E-state index in [2.05, 4.69) is 9.97 Å². The minimum Gasteiger partial charge on any atom is -0.481 e. The van der Waals surface area contributed by atoms with Crippen molar-refractivity contribution in [2.75, 3.05) is 7.11 Å². The molecular weight excluding hydrogens is 180 g/mol. The molecule has 0 radical (unpaired) electrons. The topological polar surface area (TPSA) is 55.0 Å². The molecule has 0 aliphatic rings. The first-order chi connectivity index (χ1) is 6.72. The van der Waals surface area contributed by atoms with E-state index in [4.69, 9.17) is 4.74 Å². The normalized spacial score (nSPS) is 10.4. The summed E-state index contributed by atoms with van der Waals surface area (Å²) in [5.74, 6) is 0.452. The van der Waals surface area contributed by atoms with Crippen LogP contribution in [0.4, 0.5) is 0 Å². The Kier molecular flexibility index (Phi) is 1.96. The van der Waals surface area contributed by atoms with Gasteiger partial charge in [0.2, 0.25) is 11.3 Å². The zero-order chi connectivity index (χ0) is 10.1. The molecule has 1 N–H and O–H groups in total. The number of rotatable bonds is 1. The molecule has 2 aromatic rings. The van der Waals surface area contributed by atoms with Gasteiger partial charge in [-0.3, -0.25) is 4.79 Å². The highest BCUT2D eigenvalue weighted by molar-refractivity contribution is 5.74. The summed E-state index contributed by atoms with van der Waals surface area (Å²) in [6.45, 7) is 1.75. The standard InChI is InChI=1S/C10H10N2O2/c1-6-5-11-7-3-4-8(14-2)12-9(7)10(6)13/h3-5H,1-2H3,(H,11,13). The molecule has 72 valence electrons. The number of aryl methyl sites for hydroxylation is 1. The molecule has 2 aromatic heterocycles. The monoisotopic (exact) mass is 190 g/mol. The van der Waals surface area contributed by atoms with Crippen LogP contribution >= 0.6 is 0 Å². The second-order valence-corrected chi connectivity index (χ2v) is 3.05. The number of nitrogens with one attached hydrogen (secondary N) is 1. The fraction of sp³-hybridized carbons (Fsp3) is 0.200. The molecule has 0 amide bonds. The number of pyridine rings is 2. The average molecular weight is 190 g/mol. The number of ether oxygens (including phenoxy) is 1. The molecule has 0 aromatic carbocycles. The van der Waals surface area contributed by atoms with Crippen LogP contribution in [0, 0.1) is 6.92 Å². The zero-order valence-electron chi connectivity index (χ0n) is 8.00. The third kappa shape index (κ3) is 1.25. The number of nitrogens with zero attached hydrogens (tertiary/aromatic N) is 1. The summed E-state index contributed by atoms with van der Waals surface area (Å²) < 4.78 is 4.95. The third-order valence-electron chi connectivity index (χ3n) is 2.10. The van der Waals surface area contributed by atoms with Crippen LogP contribution in [-0.4, -0.2) is 17.1 Å². The molecule has 0 saturated carbocycles. The number of methoxy groups -OCH3 is 1. The Hall–Kier alpha value is -1.84. The maximum absolute atomic E-state index is 11.7. The van der Waals surface area contributed by atoms with Crippen molar-refractivity contribution in [3.8, 4) is 5.88 Å². The van der Waals surface area contributed by atoms with E-state index in [-0.39, 0.29) is 5.43 Å². The van der Waals surface area contributed by atoms with E-state index in [0.29, 0.717) is 17.0 Å². The van der Waals surface area contributed by atoms with E-state index in [1.165, 1.54) is 7.11 Å². The number of aromatic amines is 1. The van der Waals surface area contributed by atoms with Crippen LogP contribution in [0.15, 0.2) is 23.1 Å². The summed E-state index contributed by atoms with van der Waals surface area (Å²) in [6.07, 6.45) is 1.68. The minimum atomic E-state index is -0.0577. The Morgan fingerprint density at radius 2 is 2.21 bits per heavy atom. The summed E-state index contributed by atoms with van der Waals surface area (Å²) in [6, 6.07) is 3.50. The van der Waals surface area contributed by atoms with Gasteiger partial charge in [-0.15, -0.1) is 0 Å². The Balaban J connectivity index is 2.85. The Bertz CT molecular complexity index is 531. The zero-order valence-corrected chi connectivity index (χ0v) is 8.00. The van der Waals surface area contributed by atoms with Crippen molar-refractivity contribution in [1.82, 2.24) is 9.97 Å². The number of hydrogen-bond acceptors (Lipinski definition) is 3. The summed E-state index contributed by atoms with van der Waals surface area (Å²) in [7, 11) is 1.53. The summed E-state index contributed by atoms with van der Waals surface area (Å²) >= 11 is 0. The largest absolute Gasteiger partial charge is 0.481 e. The van der Waals surface area contributed by atoms with Gasteiger partial charge in [0.1, 0.15) is 5.52 Å². The van der Waals surface area contributed by atoms with Crippen LogP contribution in [0.2, 0.25) is 0 Å². The lowest BCUT2D eigenvalue weighted by Crippen LogP contribution is -2.08. The molecule has 14 heavy (non-hydrogen) atoms. The number of fused-ring (bicyclic) bond motifs is 1. The first-order valence-corrected chi connectivity index (χ1v) is 4.25. The highest BCUT2D eigenvalue weighted by Gasteiger charge is 2.03. The lowest BCUT2D eigenvalue weighted by Gasteiger charge is -2.01. The first kappa shape index (κ1) is 8.74. The lowest BCUT2D eigenvalue weighted by molar-refractivity contribution is 0.399. The van der Waals surface area contributed by atoms with E-state index >= 15 is 0 Å². The van der Waals surface area contributed by atoms with Gasteiger partial charge in [0.25, 0.3) is 0 Å². The van der Waals surface area contributed by atoms with Gasteiger partial charge in [-0.1, -0.05) is 0 Å². The quantitative estimate of drug-likeness (QED) is 0.736. The molecule has 0 unspecified atom stereocenters. The molecule has 0 spiro atoms. The van der Waals surface area contributed by atoms with Gasteiger partial charge in [0.15, 0.2) is 0 Å². The van der Waals surface area contributed by atoms with Gasteiger partial charge >= 0.3 is 0 Å². The summed E-state index contributed by atoms with van der Waals surface area (Å²) in [5, 5.41) is 0. The van der Waals surface area contributed by atoms with E-state index in [0.717, 1.165) is 5.52 Å². The Morgan fingerprint density at radius 3 is 2.93 bits per heavy atom. The molecule has 4 nitrogen and oxygen atoms in total. The third-order valence-corrected chi connectivity index (χ3v) is 2.10. The minimum absolute atomic E-state index is 0.0577. The van der Waals surface area contributed by atoms with E-state index in [1.54, 1.807) is 25.3 Å². The van der Waals surface area contributed by atoms with Crippen LogP contribution in [0.5, 0.6) is 5.88 Å². The molecule has 0 atom stereocenters. The number of H-pyrrole nitrogens is 1. The smallest absolute Gasteiger partial charge is 0.213 e. The Labute approximate surface area is 80.6 Å². The van der Waals surface area contributed by atoms with Gasteiger partial charge in [-0.25, -0.2) is 4.98 Å². The van der Waals surface area contributed by atoms with Crippen LogP contribution < -0.4 is 10.2 Å². The number of aromatic nitrogens is 2. The van der Waals surface area contributed by atoms with Crippen LogP contribution in [0.1, 0.15) is 5.56 Å². The SMILES string of the molecule is COc1ccc2[nH]cc(C)c(=O)c2n1. The summed E-state index contributed by atoms with van der Waals surface area (Å²) in [5.41, 5.74) is 1.74. The molecule has 0 bridgehead atoms. The van der Waals surface area contributed by atoms with Crippen molar-refractivity contribution >= 4 is 11.0 Å². The first-order valence-electron chi connectivity index (χ1n) is 4.25. The fourth-order valence-electron chi connectivity index (χ4n) is 1.28. The highest BCUT2D eigenvalue weighted by Crippen LogP contribution is 2.11. The number of hydrogen-bond donors (Lipinski definition) is 1. The Morgan fingerprint density at radius 1 is 1.43 bits per heavy atom. The van der Waals surface area contributed by atoms with Crippen molar-refractivity contribution in [3.63, 3.8) is 0 Å². The van der Waals surface area contributed by atoms with Crippen molar-refractivity contribution < 1.29 is 4.74 Å². The van der Waals surface area contributed by atoms with Crippen LogP contribution in [-0.2, 0) is 0 Å². The van der Waals surface area contributed by atoms with Gasteiger partial charge < -0.3 is 9.72 Å².